The first-order chi connectivity index (χ1) is 9.99. The molecule has 0 bridgehead atoms. The lowest BCUT2D eigenvalue weighted by atomic mass is 10.2. The minimum absolute atomic E-state index is 0.302. The van der Waals surface area contributed by atoms with Gasteiger partial charge in [0.05, 0.1) is 12.3 Å². The molecule has 1 unspecified atom stereocenters. The highest BCUT2D eigenvalue weighted by atomic mass is 16.4. The molecule has 0 saturated carbocycles. The number of carboxylic acid groups (broad SMARTS) is 1. The molecule has 2 aromatic rings. The third kappa shape index (κ3) is 2.73. The van der Waals surface area contributed by atoms with Crippen molar-refractivity contribution in [1.82, 2.24) is 14.7 Å². The second-order valence-electron chi connectivity index (χ2n) is 4.69. The second-order valence-corrected chi connectivity index (χ2v) is 4.69. The first-order valence-corrected chi connectivity index (χ1v) is 6.60. The van der Waals surface area contributed by atoms with Gasteiger partial charge >= 0.3 is 5.97 Å². The Labute approximate surface area is 121 Å². The first kappa shape index (κ1) is 15.0. The Morgan fingerprint density at radius 1 is 1.48 bits per heavy atom. The van der Waals surface area contributed by atoms with Gasteiger partial charge in [0.1, 0.15) is 11.3 Å². The van der Waals surface area contributed by atoms with E-state index in [9.17, 15) is 9.59 Å². The standard InChI is InChI=1S/C14H17N3O4/c1-3-9-11(13(19)16-10(7-18)14(20)21)17-6-4-5-8(2)12(17)15-9/h4-6,10,18H,3,7H2,1-2H3,(H,16,19)(H,20,21). The van der Waals surface area contributed by atoms with Gasteiger partial charge in [0.15, 0.2) is 6.04 Å². The summed E-state index contributed by atoms with van der Waals surface area (Å²) < 4.78 is 1.64. The molecule has 1 atom stereocenters. The van der Waals surface area contributed by atoms with Gasteiger partial charge in [-0.25, -0.2) is 9.78 Å². The van der Waals surface area contributed by atoms with Crippen LogP contribution in [0.5, 0.6) is 0 Å². The van der Waals surface area contributed by atoms with Gasteiger partial charge in [0.2, 0.25) is 0 Å². The van der Waals surface area contributed by atoms with Crippen LogP contribution < -0.4 is 5.32 Å². The molecule has 0 aliphatic rings. The number of aryl methyl sites for hydroxylation is 2. The summed E-state index contributed by atoms with van der Waals surface area (Å²) in [5.41, 5.74) is 2.47. The molecule has 0 aromatic carbocycles. The molecule has 7 nitrogen and oxygen atoms in total. The van der Waals surface area contributed by atoms with E-state index in [1.165, 1.54) is 0 Å². The SMILES string of the molecule is CCc1nc2c(C)cccn2c1C(=O)NC(CO)C(=O)O. The molecule has 0 fully saturated rings. The lowest BCUT2D eigenvalue weighted by molar-refractivity contribution is -0.140. The van der Waals surface area contributed by atoms with E-state index in [1.807, 2.05) is 19.9 Å². The van der Waals surface area contributed by atoms with Crippen molar-refractivity contribution < 1.29 is 19.8 Å². The van der Waals surface area contributed by atoms with Crippen molar-refractivity contribution in [2.75, 3.05) is 6.61 Å². The van der Waals surface area contributed by atoms with E-state index in [4.69, 9.17) is 10.2 Å². The highest BCUT2D eigenvalue weighted by Crippen LogP contribution is 2.16. The Hall–Kier alpha value is -2.41. The van der Waals surface area contributed by atoms with Crippen molar-refractivity contribution in [3.05, 3.63) is 35.3 Å². The maximum atomic E-state index is 12.3. The highest BCUT2D eigenvalue weighted by molar-refractivity contribution is 5.97. The topological polar surface area (TPSA) is 104 Å². The largest absolute Gasteiger partial charge is 0.480 e. The normalized spacial score (nSPS) is 12.3. The van der Waals surface area contributed by atoms with Crippen LogP contribution in [0.3, 0.4) is 0 Å². The lowest BCUT2D eigenvalue weighted by Gasteiger charge is -2.12. The van der Waals surface area contributed by atoms with Crippen LogP contribution >= 0.6 is 0 Å². The van der Waals surface area contributed by atoms with Gasteiger partial charge < -0.3 is 15.5 Å². The number of nitrogens with one attached hydrogen (secondary N) is 1. The maximum Gasteiger partial charge on any atom is 0.328 e. The van der Waals surface area contributed by atoms with Crippen molar-refractivity contribution in [3.63, 3.8) is 0 Å². The van der Waals surface area contributed by atoms with E-state index in [-0.39, 0.29) is 0 Å². The molecule has 112 valence electrons. The molecule has 21 heavy (non-hydrogen) atoms. The Morgan fingerprint density at radius 2 is 2.19 bits per heavy atom. The zero-order valence-electron chi connectivity index (χ0n) is 11.8. The van der Waals surface area contributed by atoms with Crippen LogP contribution in [0.2, 0.25) is 0 Å². The average molecular weight is 291 g/mol. The predicted octanol–water partition coefficient (Wildman–Crippen LogP) is 0.380. The summed E-state index contributed by atoms with van der Waals surface area (Å²) >= 11 is 0. The fourth-order valence-corrected chi connectivity index (χ4v) is 2.15. The summed E-state index contributed by atoms with van der Waals surface area (Å²) in [5, 5.41) is 20.2. The van der Waals surface area contributed by atoms with Gasteiger partial charge in [-0.2, -0.15) is 0 Å². The van der Waals surface area contributed by atoms with E-state index in [0.29, 0.717) is 23.5 Å². The number of pyridine rings is 1. The van der Waals surface area contributed by atoms with Crippen LogP contribution in [0.15, 0.2) is 18.3 Å². The molecular weight excluding hydrogens is 274 g/mol. The monoisotopic (exact) mass is 291 g/mol. The van der Waals surface area contributed by atoms with Crippen molar-refractivity contribution in [2.24, 2.45) is 0 Å². The zero-order valence-corrected chi connectivity index (χ0v) is 11.8. The fraction of sp³-hybridized carbons (Fsp3) is 0.357. The number of carboxylic acids is 1. The number of carbonyl (C=O) groups is 2. The summed E-state index contributed by atoms with van der Waals surface area (Å²) in [4.78, 5) is 27.7. The molecular formula is C14H17N3O4. The van der Waals surface area contributed by atoms with Crippen LogP contribution in [0, 0.1) is 6.92 Å². The quantitative estimate of drug-likeness (QED) is 0.739. The summed E-state index contributed by atoms with van der Waals surface area (Å²) in [6, 6.07) is 2.34. The van der Waals surface area contributed by atoms with Gasteiger partial charge in [-0.1, -0.05) is 13.0 Å². The van der Waals surface area contributed by atoms with E-state index in [1.54, 1.807) is 16.7 Å². The van der Waals surface area contributed by atoms with Crippen molar-refractivity contribution in [1.29, 1.82) is 0 Å². The van der Waals surface area contributed by atoms with Crippen LogP contribution in [0.25, 0.3) is 5.65 Å². The van der Waals surface area contributed by atoms with Crippen molar-refractivity contribution in [2.45, 2.75) is 26.3 Å². The van der Waals surface area contributed by atoms with E-state index in [0.717, 1.165) is 5.56 Å². The number of nitrogens with zero attached hydrogens (tertiary/aromatic N) is 2. The number of carbonyl (C=O) groups excluding carboxylic acids is 1. The number of aliphatic hydroxyl groups is 1. The number of fused-ring (bicyclic) bond motifs is 1. The fourth-order valence-electron chi connectivity index (χ4n) is 2.15. The summed E-state index contributed by atoms with van der Waals surface area (Å²) in [5.74, 6) is -1.85. The smallest absolute Gasteiger partial charge is 0.328 e. The molecule has 3 N–H and O–H groups in total. The zero-order chi connectivity index (χ0) is 15.6. The Balaban J connectivity index is 2.47. The molecule has 0 spiro atoms. The van der Waals surface area contributed by atoms with Gasteiger partial charge in [0.25, 0.3) is 5.91 Å². The van der Waals surface area contributed by atoms with Crippen LogP contribution in [-0.4, -0.2) is 44.1 Å². The molecule has 2 aromatic heterocycles. The van der Waals surface area contributed by atoms with Crippen LogP contribution in [0.4, 0.5) is 0 Å². The molecule has 7 heteroatoms. The number of aliphatic carboxylic acids is 1. The minimum atomic E-state index is -1.34. The number of hydrogen-bond acceptors (Lipinski definition) is 4. The number of aliphatic hydroxyl groups excluding tert-OH is 1. The predicted molar refractivity (Wildman–Crippen MR) is 75.3 cm³/mol. The Morgan fingerprint density at radius 3 is 2.76 bits per heavy atom. The Kier molecular flexibility index (Phi) is 4.23. The first-order valence-electron chi connectivity index (χ1n) is 6.60. The highest BCUT2D eigenvalue weighted by Gasteiger charge is 2.24. The number of aromatic nitrogens is 2. The third-order valence-electron chi connectivity index (χ3n) is 3.25. The lowest BCUT2D eigenvalue weighted by Crippen LogP contribution is -2.43. The van der Waals surface area contributed by atoms with Crippen molar-refractivity contribution >= 4 is 17.5 Å². The van der Waals surface area contributed by atoms with Gasteiger partial charge in [0, 0.05) is 6.20 Å². The van der Waals surface area contributed by atoms with E-state index >= 15 is 0 Å². The number of amides is 1. The molecule has 0 aliphatic heterocycles. The van der Waals surface area contributed by atoms with Gasteiger partial charge in [-0.3, -0.25) is 9.20 Å². The molecule has 0 radical (unpaired) electrons. The Bertz CT molecular complexity index is 693. The third-order valence-corrected chi connectivity index (χ3v) is 3.25. The molecule has 2 heterocycles. The second kappa shape index (κ2) is 5.92. The molecule has 0 saturated heterocycles. The van der Waals surface area contributed by atoms with Gasteiger partial charge in [-0.05, 0) is 25.0 Å². The molecule has 0 aliphatic carbocycles. The minimum Gasteiger partial charge on any atom is -0.480 e. The van der Waals surface area contributed by atoms with Crippen LogP contribution in [0.1, 0.15) is 28.7 Å². The average Bonchev–Trinajstić information content (AvgIpc) is 2.84. The van der Waals surface area contributed by atoms with Crippen molar-refractivity contribution in [3.8, 4) is 0 Å². The van der Waals surface area contributed by atoms with E-state index in [2.05, 4.69) is 10.3 Å². The summed E-state index contributed by atoms with van der Waals surface area (Å²) in [6.07, 6.45) is 2.25. The number of imidazole rings is 1. The van der Waals surface area contributed by atoms with E-state index < -0.39 is 24.5 Å². The molecule has 1 amide bonds. The van der Waals surface area contributed by atoms with Crippen LogP contribution in [-0.2, 0) is 11.2 Å². The molecule has 2 rings (SSSR count). The number of rotatable bonds is 5. The summed E-state index contributed by atoms with van der Waals surface area (Å²) in [7, 11) is 0. The summed E-state index contributed by atoms with van der Waals surface area (Å²) in [6.45, 7) is 3.09. The number of hydrogen-bond donors (Lipinski definition) is 3. The van der Waals surface area contributed by atoms with Gasteiger partial charge in [-0.15, -0.1) is 0 Å². The maximum absolute atomic E-state index is 12.3.